The fraction of sp³-hybridized carbons (Fsp3) is 0.357. The van der Waals surface area contributed by atoms with Gasteiger partial charge in [0, 0.05) is 10.9 Å². The molecule has 0 radical (unpaired) electrons. The van der Waals surface area contributed by atoms with Crippen LogP contribution in [0.4, 0.5) is 0 Å². The molecule has 0 spiro atoms. The molecule has 1 aromatic carbocycles. The largest absolute Gasteiger partial charge is 0.295 e. The lowest BCUT2D eigenvalue weighted by Crippen LogP contribution is -2.18. The molecule has 0 saturated heterocycles. The Morgan fingerprint density at radius 1 is 1.33 bits per heavy atom. The quantitative estimate of drug-likeness (QED) is 0.816. The van der Waals surface area contributed by atoms with Gasteiger partial charge in [-0.1, -0.05) is 31.5 Å². The predicted octanol–water partition coefficient (Wildman–Crippen LogP) is 3.25. The molecule has 1 heterocycles. The predicted molar refractivity (Wildman–Crippen MR) is 77.8 cm³/mol. The van der Waals surface area contributed by atoms with E-state index in [1.165, 1.54) is 0 Å². The number of H-pyrrole nitrogens is 1. The van der Waals surface area contributed by atoms with Crippen LogP contribution in [-0.2, 0) is 0 Å². The Morgan fingerprint density at radius 3 is 2.61 bits per heavy atom. The van der Waals surface area contributed by atoms with Gasteiger partial charge in [0.2, 0.25) is 0 Å². The Morgan fingerprint density at radius 2 is 2.00 bits per heavy atom. The number of nitrogens with zero attached hydrogens (tertiary/aromatic N) is 1. The average Bonchev–Trinajstić information content (AvgIpc) is 2.66. The van der Waals surface area contributed by atoms with Gasteiger partial charge >= 0.3 is 0 Å². The number of rotatable bonds is 4. The summed E-state index contributed by atoms with van der Waals surface area (Å²) in [6.07, 6.45) is 1.93. The number of nitrogens with one attached hydrogen (secondary N) is 1. The molecule has 0 aliphatic heterocycles. The van der Waals surface area contributed by atoms with Crippen LogP contribution in [-0.4, -0.2) is 9.78 Å². The molecule has 0 aliphatic carbocycles. The van der Waals surface area contributed by atoms with E-state index >= 15 is 0 Å². The third-order valence-corrected chi connectivity index (χ3v) is 3.54. The Kier molecular flexibility index (Phi) is 3.97. The summed E-state index contributed by atoms with van der Waals surface area (Å²) in [7, 11) is 0. The highest BCUT2D eigenvalue weighted by Crippen LogP contribution is 2.24. The van der Waals surface area contributed by atoms with E-state index in [0.29, 0.717) is 0 Å². The van der Waals surface area contributed by atoms with Crippen molar-refractivity contribution >= 4 is 12.6 Å². The summed E-state index contributed by atoms with van der Waals surface area (Å²) in [4.78, 5) is 12.4. The van der Waals surface area contributed by atoms with Gasteiger partial charge in [0.1, 0.15) is 0 Å². The second kappa shape index (κ2) is 5.48. The van der Waals surface area contributed by atoms with E-state index in [-0.39, 0.29) is 10.8 Å². The van der Waals surface area contributed by atoms with Crippen LogP contribution in [0, 0.1) is 6.92 Å². The van der Waals surface area contributed by atoms with Gasteiger partial charge in [0.25, 0.3) is 5.56 Å². The van der Waals surface area contributed by atoms with Crippen molar-refractivity contribution in [2.75, 3.05) is 0 Å². The zero-order chi connectivity index (χ0) is 13.1. The molecule has 0 amide bonds. The summed E-state index contributed by atoms with van der Waals surface area (Å²) in [5.41, 5.74) is 2.54. The van der Waals surface area contributed by atoms with Crippen molar-refractivity contribution in [2.45, 2.75) is 31.9 Å². The molecule has 3 nitrogen and oxygen atoms in total. The van der Waals surface area contributed by atoms with Crippen LogP contribution in [0.5, 0.6) is 0 Å². The van der Waals surface area contributed by atoms with Gasteiger partial charge in [-0.25, -0.2) is 4.68 Å². The summed E-state index contributed by atoms with van der Waals surface area (Å²) in [6, 6.07) is 9.59. The third-order valence-electron chi connectivity index (χ3n) is 3.03. The van der Waals surface area contributed by atoms with Gasteiger partial charge in [-0.3, -0.25) is 9.89 Å². The molecule has 1 unspecified atom stereocenters. The zero-order valence-corrected chi connectivity index (χ0v) is 11.6. The highest BCUT2D eigenvalue weighted by Gasteiger charge is 2.18. The second-order valence-corrected chi connectivity index (χ2v) is 5.05. The number of thiol groups is 1. The number of hydrogen-bond acceptors (Lipinski definition) is 2. The number of benzene rings is 1. The minimum atomic E-state index is 0.00344. The van der Waals surface area contributed by atoms with Crippen molar-refractivity contribution in [1.29, 1.82) is 0 Å². The lowest BCUT2D eigenvalue weighted by Gasteiger charge is -2.06. The lowest BCUT2D eigenvalue weighted by atomic mass is 10.1. The Balaban J connectivity index is 2.48. The van der Waals surface area contributed by atoms with Crippen molar-refractivity contribution in [3.05, 3.63) is 51.9 Å². The first-order valence-corrected chi connectivity index (χ1v) is 6.71. The first-order valence-electron chi connectivity index (χ1n) is 6.20. The molecule has 0 bridgehead atoms. The third kappa shape index (κ3) is 2.38. The average molecular weight is 262 g/mol. The topological polar surface area (TPSA) is 37.8 Å². The maximum atomic E-state index is 12.4. The van der Waals surface area contributed by atoms with Gasteiger partial charge in [0.15, 0.2) is 0 Å². The van der Waals surface area contributed by atoms with Gasteiger partial charge < -0.3 is 0 Å². The van der Waals surface area contributed by atoms with Crippen molar-refractivity contribution in [2.24, 2.45) is 0 Å². The van der Waals surface area contributed by atoms with Crippen molar-refractivity contribution in [3.8, 4) is 5.69 Å². The summed E-state index contributed by atoms with van der Waals surface area (Å²) in [5, 5.41) is 3.13. The number of para-hydroxylation sites is 1. The summed E-state index contributed by atoms with van der Waals surface area (Å²) in [5.74, 6) is 0. The molecule has 2 aromatic rings. The van der Waals surface area contributed by atoms with Crippen LogP contribution >= 0.6 is 12.6 Å². The molecule has 2 rings (SSSR count). The fourth-order valence-electron chi connectivity index (χ4n) is 2.13. The van der Waals surface area contributed by atoms with E-state index < -0.39 is 0 Å². The van der Waals surface area contributed by atoms with Gasteiger partial charge in [-0.2, -0.15) is 12.6 Å². The summed E-state index contributed by atoms with van der Waals surface area (Å²) < 4.78 is 1.59. The lowest BCUT2D eigenvalue weighted by molar-refractivity contribution is 0.773. The summed E-state index contributed by atoms with van der Waals surface area (Å²) >= 11 is 4.53. The Labute approximate surface area is 112 Å². The van der Waals surface area contributed by atoms with Gasteiger partial charge in [-0.05, 0) is 25.5 Å². The molecule has 96 valence electrons. The fourth-order valence-corrected chi connectivity index (χ4v) is 2.69. The monoisotopic (exact) mass is 262 g/mol. The number of aromatic amines is 1. The maximum Gasteiger partial charge on any atom is 0.275 e. The standard InChI is InChI=1S/C14H18N2OS/c1-3-7-12(18)13-10(2)15-16(14(13)17)11-8-5-4-6-9-11/h4-6,8-9,12,15,18H,3,7H2,1-2H3. The first-order chi connectivity index (χ1) is 8.65. The molecule has 0 saturated carbocycles. The van der Waals surface area contributed by atoms with Crippen LogP contribution in [0.1, 0.15) is 36.3 Å². The van der Waals surface area contributed by atoms with E-state index in [1.54, 1.807) is 4.68 Å². The van der Waals surface area contributed by atoms with Crippen molar-refractivity contribution in [1.82, 2.24) is 9.78 Å². The van der Waals surface area contributed by atoms with E-state index in [1.807, 2.05) is 37.3 Å². The van der Waals surface area contributed by atoms with Crippen LogP contribution < -0.4 is 5.56 Å². The van der Waals surface area contributed by atoms with Crippen molar-refractivity contribution < 1.29 is 0 Å². The normalized spacial score (nSPS) is 12.6. The smallest absolute Gasteiger partial charge is 0.275 e. The first kappa shape index (κ1) is 13.0. The van der Waals surface area contributed by atoms with Crippen LogP contribution in [0.25, 0.3) is 5.69 Å². The number of aryl methyl sites for hydroxylation is 1. The number of aromatic nitrogens is 2. The second-order valence-electron chi connectivity index (χ2n) is 4.43. The van der Waals surface area contributed by atoms with E-state index in [2.05, 4.69) is 24.7 Å². The van der Waals surface area contributed by atoms with Crippen LogP contribution in [0.2, 0.25) is 0 Å². The molecular weight excluding hydrogens is 244 g/mol. The highest BCUT2D eigenvalue weighted by atomic mass is 32.1. The zero-order valence-electron chi connectivity index (χ0n) is 10.7. The van der Waals surface area contributed by atoms with E-state index in [4.69, 9.17) is 0 Å². The number of hydrogen-bond donors (Lipinski definition) is 2. The highest BCUT2D eigenvalue weighted by molar-refractivity contribution is 7.80. The van der Waals surface area contributed by atoms with Crippen LogP contribution in [0.15, 0.2) is 35.1 Å². The maximum absolute atomic E-state index is 12.4. The molecule has 1 atom stereocenters. The molecule has 18 heavy (non-hydrogen) atoms. The molecule has 1 N–H and O–H groups in total. The Hall–Kier alpha value is -1.42. The van der Waals surface area contributed by atoms with Gasteiger partial charge in [0.05, 0.1) is 11.3 Å². The molecule has 0 fully saturated rings. The molecule has 0 aliphatic rings. The van der Waals surface area contributed by atoms with Crippen LogP contribution in [0.3, 0.4) is 0 Å². The SMILES string of the molecule is CCCC(S)c1c(C)[nH]n(-c2ccccc2)c1=O. The van der Waals surface area contributed by atoms with E-state index in [9.17, 15) is 4.79 Å². The van der Waals surface area contributed by atoms with E-state index in [0.717, 1.165) is 29.8 Å². The molecule has 4 heteroatoms. The minimum absolute atomic E-state index is 0.00344. The van der Waals surface area contributed by atoms with Crippen molar-refractivity contribution in [3.63, 3.8) is 0 Å². The molecular formula is C14H18N2OS. The Bertz CT molecular complexity index is 571. The molecule has 1 aromatic heterocycles. The van der Waals surface area contributed by atoms with Gasteiger partial charge in [-0.15, -0.1) is 0 Å². The minimum Gasteiger partial charge on any atom is -0.295 e. The summed E-state index contributed by atoms with van der Waals surface area (Å²) in [6.45, 7) is 4.02.